The van der Waals surface area contributed by atoms with Crippen molar-refractivity contribution in [1.82, 2.24) is 19.5 Å². The van der Waals surface area contributed by atoms with Gasteiger partial charge in [0.15, 0.2) is 19.5 Å². The molecule has 1 saturated heterocycles. The summed E-state index contributed by atoms with van der Waals surface area (Å²) in [5.41, 5.74) is 0.116. The number of carbonyl (C=O) groups excluding carboxylic acids is 1. The number of anilines is 1. The number of nitrogens with one attached hydrogen (secondary N) is 2. The highest BCUT2D eigenvalue weighted by molar-refractivity contribution is 7.98. The predicted octanol–water partition coefficient (Wildman–Crippen LogP) is 3.73. The molecule has 1 aliphatic rings. The fourth-order valence-electron chi connectivity index (χ4n) is 3.32. The fourth-order valence-corrected chi connectivity index (χ4v) is 4.64. The molecule has 0 bridgehead atoms. The van der Waals surface area contributed by atoms with E-state index in [2.05, 4.69) is 54.1 Å². The van der Waals surface area contributed by atoms with Crippen LogP contribution in [0.2, 0.25) is 18.1 Å². The van der Waals surface area contributed by atoms with Gasteiger partial charge in [0.1, 0.15) is 12.3 Å². The van der Waals surface area contributed by atoms with Crippen LogP contribution < -0.4 is 10.9 Å². The van der Waals surface area contributed by atoms with Crippen molar-refractivity contribution in [3.63, 3.8) is 0 Å². The number of nitrogens with zero attached hydrogens (tertiary/aromatic N) is 3. The standard InChI is InChI=1S/C22H37N5O5SSi/c1-13(2)19(28)25-21-24-18-17(20(29)26-21)23-11-27(18)16-9-14(30-12-33-6)15(32-16)10-31-34(7,8)22(3,4)5/h11,13-16H,9-10,12H2,1-8H3,(H2,24,25,26,28,29)/t14-,15-,16-/m1/s1. The van der Waals surface area contributed by atoms with Crippen LogP contribution in [0.25, 0.3) is 11.2 Å². The number of H-pyrrole nitrogens is 1. The number of ether oxygens (including phenoxy) is 2. The highest BCUT2D eigenvalue weighted by Crippen LogP contribution is 2.38. The number of amides is 1. The van der Waals surface area contributed by atoms with Gasteiger partial charge < -0.3 is 13.9 Å². The van der Waals surface area contributed by atoms with Crippen molar-refractivity contribution in [3.8, 4) is 0 Å². The minimum atomic E-state index is -1.96. The average Bonchev–Trinajstić information content (AvgIpc) is 3.33. The number of aromatic amines is 1. The number of imidazole rings is 1. The molecule has 2 N–H and O–H groups in total. The lowest BCUT2D eigenvalue weighted by atomic mass is 10.2. The molecule has 0 aromatic carbocycles. The molecule has 0 aliphatic carbocycles. The molecule has 0 radical (unpaired) electrons. The number of rotatable bonds is 9. The first kappa shape index (κ1) is 26.9. The molecule has 2 aromatic heterocycles. The van der Waals surface area contributed by atoms with E-state index < -0.39 is 20.1 Å². The first-order valence-electron chi connectivity index (χ1n) is 11.5. The summed E-state index contributed by atoms with van der Waals surface area (Å²) < 4.78 is 20.6. The third kappa shape index (κ3) is 5.90. The van der Waals surface area contributed by atoms with Gasteiger partial charge in [-0.3, -0.25) is 24.5 Å². The van der Waals surface area contributed by atoms with E-state index in [4.69, 9.17) is 13.9 Å². The second kappa shape index (κ2) is 10.5. The minimum Gasteiger partial charge on any atom is -0.414 e. The maximum absolute atomic E-state index is 12.5. The molecular weight excluding hydrogens is 474 g/mol. The number of carbonyl (C=O) groups is 1. The average molecular weight is 512 g/mol. The van der Waals surface area contributed by atoms with Gasteiger partial charge in [0.25, 0.3) is 5.56 Å². The smallest absolute Gasteiger partial charge is 0.280 e. The Morgan fingerprint density at radius 1 is 1.41 bits per heavy atom. The van der Waals surface area contributed by atoms with Crippen molar-refractivity contribution in [2.45, 2.75) is 77.6 Å². The molecule has 0 unspecified atom stereocenters. The van der Waals surface area contributed by atoms with Gasteiger partial charge in [0.05, 0.1) is 25.0 Å². The molecule has 1 aliphatic heterocycles. The van der Waals surface area contributed by atoms with Crippen molar-refractivity contribution >= 4 is 43.1 Å². The zero-order valence-corrected chi connectivity index (χ0v) is 23.1. The molecule has 0 spiro atoms. The van der Waals surface area contributed by atoms with Gasteiger partial charge in [-0.1, -0.05) is 34.6 Å². The van der Waals surface area contributed by atoms with Crippen LogP contribution in [0.5, 0.6) is 0 Å². The van der Waals surface area contributed by atoms with Gasteiger partial charge in [-0.2, -0.15) is 4.98 Å². The topological polar surface area (TPSA) is 120 Å². The number of hydrogen-bond donors (Lipinski definition) is 2. The fraction of sp³-hybridized carbons (Fsp3) is 0.727. The normalized spacial score (nSPS) is 21.5. The van der Waals surface area contributed by atoms with E-state index in [0.717, 1.165) is 0 Å². The summed E-state index contributed by atoms with van der Waals surface area (Å²) in [5, 5.41) is 2.73. The number of thioether (sulfide) groups is 1. The lowest BCUT2D eigenvalue weighted by molar-refractivity contribution is -0.118. The summed E-state index contributed by atoms with van der Waals surface area (Å²) in [6, 6.07) is 0. The van der Waals surface area contributed by atoms with Gasteiger partial charge >= 0.3 is 0 Å². The Balaban J connectivity index is 1.85. The predicted molar refractivity (Wildman–Crippen MR) is 137 cm³/mol. The van der Waals surface area contributed by atoms with Crippen LogP contribution in [0.4, 0.5) is 5.95 Å². The number of fused-ring (bicyclic) bond motifs is 1. The zero-order valence-electron chi connectivity index (χ0n) is 21.3. The molecule has 12 heteroatoms. The summed E-state index contributed by atoms with van der Waals surface area (Å²) >= 11 is 1.60. The molecule has 34 heavy (non-hydrogen) atoms. The lowest BCUT2D eigenvalue weighted by Crippen LogP contribution is -2.44. The van der Waals surface area contributed by atoms with E-state index in [-0.39, 0.29) is 40.5 Å². The van der Waals surface area contributed by atoms with Crippen LogP contribution in [-0.4, -0.2) is 64.8 Å². The molecule has 3 atom stereocenters. The van der Waals surface area contributed by atoms with Crippen molar-refractivity contribution < 1.29 is 18.7 Å². The Morgan fingerprint density at radius 3 is 2.74 bits per heavy atom. The Kier molecular flexibility index (Phi) is 8.28. The van der Waals surface area contributed by atoms with Gasteiger partial charge in [-0.15, -0.1) is 11.8 Å². The first-order chi connectivity index (χ1) is 15.8. The van der Waals surface area contributed by atoms with Gasteiger partial charge in [-0.25, -0.2) is 4.98 Å². The second-order valence-electron chi connectivity index (χ2n) is 10.4. The second-order valence-corrected chi connectivity index (χ2v) is 16.1. The largest absolute Gasteiger partial charge is 0.414 e. The quantitative estimate of drug-likeness (QED) is 0.386. The van der Waals surface area contributed by atoms with Crippen molar-refractivity contribution in [3.05, 3.63) is 16.7 Å². The van der Waals surface area contributed by atoms with Crippen molar-refractivity contribution in [1.29, 1.82) is 0 Å². The van der Waals surface area contributed by atoms with Crippen LogP contribution in [-0.2, 0) is 18.7 Å². The molecule has 1 fully saturated rings. The summed E-state index contributed by atoms with van der Waals surface area (Å²) in [7, 11) is -1.96. The van der Waals surface area contributed by atoms with E-state index >= 15 is 0 Å². The van der Waals surface area contributed by atoms with E-state index in [1.807, 2.05) is 6.26 Å². The zero-order chi connectivity index (χ0) is 25.3. The SMILES string of the molecule is CSCO[C@@H]1C[C@H](n2cnc3c(=O)[nH]c(NC(=O)C(C)C)nc32)O[C@@H]1CO[Si](C)(C)C(C)(C)C. The molecule has 10 nitrogen and oxygen atoms in total. The van der Waals surface area contributed by atoms with Crippen LogP contribution in [0, 0.1) is 5.92 Å². The third-order valence-electron chi connectivity index (χ3n) is 6.50. The number of hydrogen-bond acceptors (Lipinski definition) is 8. The van der Waals surface area contributed by atoms with E-state index in [1.165, 1.54) is 0 Å². The van der Waals surface area contributed by atoms with Crippen molar-refractivity contribution in [2.24, 2.45) is 5.92 Å². The van der Waals surface area contributed by atoms with Gasteiger partial charge in [0.2, 0.25) is 11.9 Å². The van der Waals surface area contributed by atoms with E-state index in [1.54, 1.807) is 36.5 Å². The highest BCUT2D eigenvalue weighted by Gasteiger charge is 2.42. The van der Waals surface area contributed by atoms with E-state index in [9.17, 15) is 9.59 Å². The van der Waals surface area contributed by atoms with Gasteiger partial charge in [0, 0.05) is 12.3 Å². The maximum atomic E-state index is 12.5. The maximum Gasteiger partial charge on any atom is 0.280 e. The Bertz CT molecular complexity index is 1060. The Labute approximate surface area is 205 Å². The lowest BCUT2D eigenvalue weighted by Gasteiger charge is -2.37. The van der Waals surface area contributed by atoms with Crippen molar-refractivity contribution in [2.75, 3.05) is 24.1 Å². The summed E-state index contributed by atoms with van der Waals surface area (Å²) in [5.74, 6) is 0.147. The molecule has 3 heterocycles. The molecular formula is C22H37N5O5SSi. The highest BCUT2D eigenvalue weighted by atomic mass is 32.2. The summed E-state index contributed by atoms with van der Waals surface area (Å²) in [6.07, 6.45) is 3.26. The Hall–Kier alpha value is -1.73. The van der Waals surface area contributed by atoms with Crippen LogP contribution in [0.15, 0.2) is 11.1 Å². The van der Waals surface area contributed by atoms with Crippen LogP contribution in [0.3, 0.4) is 0 Å². The minimum absolute atomic E-state index is 0.0863. The molecule has 190 valence electrons. The monoisotopic (exact) mass is 511 g/mol. The Morgan fingerprint density at radius 2 is 2.12 bits per heavy atom. The van der Waals surface area contributed by atoms with E-state index in [0.29, 0.717) is 24.6 Å². The van der Waals surface area contributed by atoms with Crippen LogP contribution >= 0.6 is 11.8 Å². The molecule has 2 aromatic rings. The third-order valence-corrected chi connectivity index (χ3v) is 11.4. The summed E-state index contributed by atoms with van der Waals surface area (Å²) in [6.45, 7) is 15.0. The molecule has 1 amide bonds. The summed E-state index contributed by atoms with van der Waals surface area (Å²) in [4.78, 5) is 35.9. The molecule has 3 rings (SSSR count). The van der Waals surface area contributed by atoms with Crippen LogP contribution in [0.1, 0.15) is 47.3 Å². The number of aromatic nitrogens is 4. The first-order valence-corrected chi connectivity index (χ1v) is 15.8. The van der Waals surface area contributed by atoms with Gasteiger partial charge in [-0.05, 0) is 24.4 Å². The molecule has 0 saturated carbocycles.